The summed E-state index contributed by atoms with van der Waals surface area (Å²) < 4.78 is 29.4. The fraction of sp³-hybridized carbons (Fsp3) is 0.435. The molecule has 29 heavy (non-hydrogen) atoms. The van der Waals surface area contributed by atoms with Gasteiger partial charge in [0.25, 0.3) is 0 Å². The lowest BCUT2D eigenvalue weighted by molar-refractivity contribution is -0.120. The molecule has 2 N–H and O–H groups in total. The summed E-state index contributed by atoms with van der Waals surface area (Å²) in [4.78, 5) is 11.9. The average molecular weight is 415 g/mol. The van der Waals surface area contributed by atoms with E-state index in [4.69, 9.17) is 0 Å². The van der Waals surface area contributed by atoms with Gasteiger partial charge in [0.2, 0.25) is 15.9 Å². The highest BCUT2D eigenvalue weighted by Crippen LogP contribution is 2.24. The quantitative estimate of drug-likeness (QED) is 0.728. The highest BCUT2D eigenvalue weighted by molar-refractivity contribution is 7.89. The van der Waals surface area contributed by atoms with Gasteiger partial charge in [-0.05, 0) is 49.8 Å². The van der Waals surface area contributed by atoms with Crippen LogP contribution in [0.1, 0.15) is 49.3 Å². The van der Waals surface area contributed by atoms with Crippen molar-refractivity contribution in [1.29, 1.82) is 0 Å². The minimum absolute atomic E-state index is 0.125. The van der Waals surface area contributed by atoms with Crippen LogP contribution in [0.2, 0.25) is 0 Å². The molecule has 1 fully saturated rings. The molecule has 1 aliphatic rings. The first-order chi connectivity index (χ1) is 13.8. The maximum Gasteiger partial charge on any atom is 0.241 e. The average Bonchev–Trinajstić information content (AvgIpc) is 2.68. The third kappa shape index (κ3) is 5.90. The molecule has 0 aromatic heterocycles. The Labute approximate surface area is 174 Å². The second kappa shape index (κ2) is 9.55. The van der Waals surface area contributed by atoms with Gasteiger partial charge in [0.05, 0.1) is 4.90 Å². The summed E-state index contributed by atoms with van der Waals surface area (Å²) in [6, 6.07) is 15.2. The van der Waals surface area contributed by atoms with Gasteiger partial charge in [0.15, 0.2) is 0 Å². The van der Waals surface area contributed by atoms with Crippen LogP contribution in [0, 0.1) is 6.92 Å². The van der Waals surface area contributed by atoms with E-state index in [9.17, 15) is 13.2 Å². The zero-order chi connectivity index (χ0) is 20.9. The van der Waals surface area contributed by atoms with Crippen LogP contribution >= 0.6 is 0 Å². The molecule has 0 bridgehead atoms. The number of hydrogen-bond acceptors (Lipinski definition) is 3. The molecular formula is C23H30N2O3S. The van der Waals surface area contributed by atoms with Crippen LogP contribution in [0.3, 0.4) is 0 Å². The molecule has 0 radical (unpaired) electrons. The molecule has 5 nitrogen and oxygen atoms in total. The lowest BCUT2D eigenvalue weighted by Crippen LogP contribution is -2.52. The van der Waals surface area contributed by atoms with Crippen LogP contribution < -0.4 is 10.0 Å². The molecule has 0 unspecified atom stereocenters. The van der Waals surface area contributed by atoms with E-state index in [1.165, 1.54) is 12.5 Å². The molecule has 0 spiro atoms. The van der Waals surface area contributed by atoms with Crippen LogP contribution in [-0.2, 0) is 27.7 Å². The molecule has 1 amide bonds. The van der Waals surface area contributed by atoms with E-state index in [1.54, 1.807) is 6.07 Å². The minimum atomic E-state index is -3.68. The number of nitrogens with one attached hydrogen (secondary N) is 2. The van der Waals surface area contributed by atoms with Gasteiger partial charge in [-0.15, -0.1) is 0 Å². The molecule has 2 aromatic rings. The summed E-state index contributed by atoms with van der Waals surface area (Å²) in [7, 11) is -3.68. The van der Waals surface area contributed by atoms with E-state index < -0.39 is 10.0 Å². The van der Waals surface area contributed by atoms with Crippen LogP contribution in [0.25, 0.3) is 0 Å². The van der Waals surface area contributed by atoms with Gasteiger partial charge in [-0.3, -0.25) is 4.79 Å². The monoisotopic (exact) mass is 414 g/mol. The van der Waals surface area contributed by atoms with Crippen molar-refractivity contribution in [1.82, 2.24) is 10.0 Å². The number of carbonyl (C=O) groups is 1. The van der Waals surface area contributed by atoms with Gasteiger partial charge in [-0.25, -0.2) is 13.1 Å². The van der Waals surface area contributed by atoms with Crippen molar-refractivity contribution in [3.05, 3.63) is 65.2 Å². The van der Waals surface area contributed by atoms with Crippen LogP contribution in [0.5, 0.6) is 0 Å². The Morgan fingerprint density at radius 2 is 1.69 bits per heavy atom. The lowest BCUT2D eigenvalue weighted by atomic mass is 9.91. The molecule has 0 heterocycles. The number of hydrogen-bond donors (Lipinski definition) is 2. The Kier molecular flexibility index (Phi) is 7.09. The van der Waals surface area contributed by atoms with Crippen molar-refractivity contribution in [3.8, 4) is 0 Å². The van der Waals surface area contributed by atoms with Crippen molar-refractivity contribution in [2.45, 2.75) is 69.4 Å². The normalized spacial score (nSPS) is 19.7. The minimum Gasteiger partial charge on any atom is -0.352 e. The Balaban J connectivity index is 1.81. The van der Waals surface area contributed by atoms with Crippen molar-refractivity contribution < 1.29 is 13.2 Å². The molecule has 0 aliphatic heterocycles. The molecule has 1 saturated carbocycles. The van der Waals surface area contributed by atoms with Crippen molar-refractivity contribution in [2.24, 2.45) is 0 Å². The number of carbonyl (C=O) groups excluding carboxylic acids is 1. The van der Waals surface area contributed by atoms with Crippen LogP contribution in [-0.4, -0.2) is 26.4 Å². The first-order valence-corrected chi connectivity index (χ1v) is 11.8. The molecule has 2 aromatic carbocycles. The van der Waals surface area contributed by atoms with Gasteiger partial charge < -0.3 is 5.32 Å². The van der Waals surface area contributed by atoms with Gasteiger partial charge >= 0.3 is 0 Å². The van der Waals surface area contributed by atoms with E-state index in [1.807, 2.05) is 37.3 Å². The predicted octanol–water partition coefficient (Wildman–Crippen LogP) is 3.51. The molecule has 1 aliphatic carbocycles. The van der Waals surface area contributed by atoms with Crippen molar-refractivity contribution >= 4 is 15.9 Å². The SMILES string of the molecule is CC(=O)N[C@H]1CCCC[C@@H]1NS(=O)(=O)c1ccc(C)cc1CCc1ccccc1. The standard InChI is InChI=1S/C23H30N2O3S/c1-17-12-15-23(20(16-17)14-13-19-8-4-3-5-9-19)29(27,28)25-22-11-7-6-10-21(22)24-18(2)26/h3-5,8-9,12,15-16,21-22,25H,6-7,10-11,13-14H2,1-2H3,(H,24,26)/t21-,22-/m0/s1. The number of aryl methyl sites for hydroxylation is 3. The lowest BCUT2D eigenvalue weighted by Gasteiger charge is -2.32. The number of benzene rings is 2. The van der Waals surface area contributed by atoms with Gasteiger partial charge in [0, 0.05) is 19.0 Å². The van der Waals surface area contributed by atoms with E-state index in [-0.39, 0.29) is 18.0 Å². The summed E-state index contributed by atoms with van der Waals surface area (Å²) in [5.74, 6) is -0.125. The summed E-state index contributed by atoms with van der Waals surface area (Å²) in [6.07, 6.45) is 4.91. The first kappa shape index (κ1) is 21.5. The Morgan fingerprint density at radius 1 is 1.00 bits per heavy atom. The fourth-order valence-electron chi connectivity index (χ4n) is 4.06. The van der Waals surface area contributed by atoms with Gasteiger partial charge in [-0.2, -0.15) is 0 Å². The molecule has 0 saturated heterocycles. The highest BCUT2D eigenvalue weighted by Gasteiger charge is 2.30. The summed E-state index contributed by atoms with van der Waals surface area (Å²) >= 11 is 0. The molecule has 2 atom stereocenters. The Hall–Kier alpha value is -2.18. The highest BCUT2D eigenvalue weighted by atomic mass is 32.2. The topological polar surface area (TPSA) is 75.3 Å². The maximum absolute atomic E-state index is 13.3. The number of rotatable bonds is 7. The maximum atomic E-state index is 13.3. The summed E-state index contributed by atoms with van der Waals surface area (Å²) in [5.41, 5.74) is 3.05. The fourth-order valence-corrected chi connectivity index (χ4v) is 5.62. The van der Waals surface area contributed by atoms with E-state index in [0.29, 0.717) is 11.3 Å². The molecule has 3 rings (SSSR count). The molecular weight excluding hydrogens is 384 g/mol. The van der Waals surface area contributed by atoms with E-state index in [2.05, 4.69) is 22.2 Å². The van der Waals surface area contributed by atoms with E-state index >= 15 is 0 Å². The third-order valence-electron chi connectivity index (χ3n) is 5.49. The largest absolute Gasteiger partial charge is 0.352 e. The number of amides is 1. The van der Waals surface area contributed by atoms with Crippen molar-refractivity contribution in [2.75, 3.05) is 0 Å². The first-order valence-electron chi connectivity index (χ1n) is 10.3. The Morgan fingerprint density at radius 3 is 2.38 bits per heavy atom. The van der Waals surface area contributed by atoms with Crippen molar-refractivity contribution in [3.63, 3.8) is 0 Å². The third-order valence-corrected chi connectivity index (χ3v) is 7.08. The summed E-state index contributed by atoms with van der Waals surface area (Å²) in [6.45, 7) is 3.45. The zero-order valence-corrected chi connectivity index (χ0v) is 18.0. The Bertz CT molecular complexity index is 942. The second-order valence-electron chi connectivity index (χ2n) is 7.92. The molecule has 6 heteroatoms. The second-order valence-corrected chi connectivity index (χ2v) is 9.60. The smallest absolute Gasteiger partial charge is 0.241 e. The predicted molar refractivity (Wildman–Crippen MR) is 115 cm³/mol. The molecule has 156 valence electrons. The van der Waals surface area contributed by atoms with Crippen LogP contribution in [0.4, 0.5) is 0 Å². The van der Waals surface area contributed by atoms with Gasteiger partial charge in [-0.1, -0.05) is 60.9 Å². The zero-order valence-electron chi connectivity index (χ0n) is 17.1. The number of sulfonamides is 1. The summed E-state index contributed by atoms with van der Waals surface area (Å²) in [5, 5.41) is 2.91. The van der Waals surface area contributed by atoms with E-state index in [0.717, 1.165) is 43.2 Å². The van der Waals surface area contributed by atoms with Crippen LogP contribution in [0.15, 0.2) is 53.4 Å². The van der Waals surface area contributed by atoms with Gasteiger partial charge in [0.1, 0.15) is 0 Å².